The molecule has 2 heterocycles. The van der Waals surface area contributed by atoms with E-state index < -0.39 is 11.4 Å². The Kier molecular flexibility index (Phi) is 3.66. The van der Waals surface area contributed by atoms with Gasteiger partial charge in [0.1, 0.15) is 0 Å². The van der Waals surface area contributed by atoms with Gasteiger partial charge in [0.25, 0.3) is 0 Å². The van der Waals surface area contributed by atoms with E-state index in [0.29, 0.717) is 13.0 Å². The molecule has 4 nitrogen and oxygen atoms in total. The zero-order valence-corrected chi connectivity index (χ0v) is 11.0. The third-order valence-electron chi connectivity index (χ3n) is 3.90. The fourth-order valence-corrected chi connectivity index (χ4v) is 2.67. The topological polar surface area (TPSA) is 53.4 Å². The highest BCUT2D eigenvalue weighted by Crippen LogP contribution is 2.34. The van der Waals surface area contributed by atoms with Gasteiger partial charge in [-0.2, -0.15) is 0 Å². The molecule has 98 valence electrons. The summed E-state index contributed by atoms with van der Waals surface area (Å²) in [5.41, 5.74) is 1.76. The van der Waals surface area contributed by atoms with Crippen LogP contribution in [-0.4, -0.2) is 34.0 Å². The van der Waals surface area contributed by atoms with Crippen molar-refractivity contribution >= 4 is 5.97 Å². The van der Waals surface area contributed by atoms with Gasteiger partial charge >= 0.3 is 5.97 Å². The molecule has 2 rings (SSSR count). The Balaban J connectivity index is 2.03. The van der Waals surface area contributed by atoms with Crippen molar-refractivity contribution in [2.75, 3.05) is 13.1 Å². The Morgan fingerprint density at radius 2 is 2.33 bits per heavy atom. The number of aromatic nitrogens is 1. The Hall–Kier alpha value is -1.42. The Labute approximate surface area is 108 Å². The molecule has 1 saturated heterocycles. The summed E-state index contributed by atoms with van der Waals surface area (Å²) in [7, 11) is 0. The lowest BCUT2D eigenvalue weighted by atomic mass is 9.84. The van der Waals surface area contributed by atoms with E-state index in [1.54, 1.807) is 0 Å². The van der Waals surface area contributed by atoms with Crippen molar-refractivity contribution in [1.82, 2.24) is 9.88 Å². The Morgan fingerprint density at radius 1 is 1.56 bits per heavy atom. The molecule has 1 N–H and O–H groups in total. The minimum absolute atomic E-state index is 0.544. The standard InChI is InChI=1S/C14H20N2O2/c1-3-14(13(17)18)4-5-16(10-14)9-12-6-11(2)7-15-8-12/h6-8H,3-5,9-10H2,1-2H3,(H,17,18). The first kappa shape index (κ1) is 13.0. The predicted octanol–water partition coefficient (Wildman–Crippen LogP) is 2.08. The molecule has 1 unspecified atom stereocenters. The zero-order chi connectivity index (χ0) is 13.2. The molecule has 1 aliphatic heterocycles. The van der Waals surface area contributed by atoms with Crippen LogP contribution in [0.2, 0.25) is 0 Å². The number of likely N-dealkylation sites (tertiary alicyclic amines) is 1. The van der Waals surface area contributed by atoms with E-state index in [0.717, 1.165) is 30.6 Å². The summed E-state index contributed by atoms with van der Waals surface area (Å²) in [6.07, 6.45) is 5.14. The molecular weight excluding hydrogens is 228 g/mol. The van der Waals surface area contributed by atoms with Crippen LogP contribution in [0.1, 0.15) is 30.9 Å². The van der Waals surface area contributed by atoms with Crippen LogP contribution in [0.15, 0.2) is 18.5 Å². The number of pyridine rings is 1. The molecule has 0 aromatic carbocycles. The van der Waals surface area contributed by atoms with Crippen molar-refractivity contribution in [3.63, 3.8) is 0 Å². The highest BCUT2D eigenvalue weighted by atomic mass is 16.4. The van der Waals surface area contributed by atoms with Gasteiger partial charge in [-0.05, 0) is 37.4 Å². The summed E-state index contributed by atoms with van der Waals surface area (Å²) in [6.45, 7) is 6.28. The van der Waals surface area contributed by atoms with Gasteiger partial charge in [-0.15, -0.1) is 0 Å². The van der Waals surface area contributed by atoms with E-state index in [1.165, 1.54) is 0 Å². The smallest absolute Gasteiger partial charge is 0.310 e. The van der Waals surface area contributed by atoms with Crippen LogP contribution in [0, 0.1) is 12.3 Å². The summed E-state index contributed by atoms with van der Waals surface area (Å²) in [5.74, 6) is -0.658. The van der Waals surface area contributed by atoms with Gasteiger partial charge in [-0.25, -0.2) is 0 Å². The minimum atomic E-state index is -0.658. The molecule has 1 aliphatic rings. The number of carbonyl (C=O) groups is 1. The van der Waals surface area contributed by atoms with Crippen molar-refractivity contribution in [2.24, 2.45) is 5.41 Å². The number of aryl methyl sites for hydroxylation is 1. The van der Waals surface area contributed by atoms with Crippen LogP contribution in [0.3, 0.4) is 0 Å². The number of rotatable bonds is 4. The average Bonchev–Trinajstić information content (AvgIpc) is 2.74. The highest BCUT2D eigenvalue weighted by molar-refractivity contribution is 5.75. The minimum Gasteiger partial charge on any atom is -0.481 e. The van der Waals surface area contributed by atoms with Crippen LogP contribution < -0.4 is 0 Å². The molecule has 0 aliphatic carbocycles. The first-order valence-electron chi connectivity index (χ1n) is 6.42. The van der Waals surface area contributed by atoms with E-state index in [2.05, 4.69) is 16.0 Å². The molecule has 0 bridgehead atoms. The lowest BCUT2D eigenvalue weighted by molar-refractivity contribution is -0.148. The van der Waals surface area contributed by atoms with Crippen molar-refractivity contribution < 1.29 is 9.90 Å². The molecule has 1 fully saturated rings. The van der Waals surface area contributed by atoms with Gasteiger partial charge in [0.2, 0.25) is 0 Å². The quantitative estimate of drug-likeness (QED) is 0.886. The largest absolute Gasteiger partial charge is 0.481 e. The zero-order valence-electron chi connectivity index (χ0n) is 11.0. The molecule has 0 spiro atoms. The van der Waals surface area contributed by atoms with Gasteiger partial charge in [-0.3, -0.25) is 14.7 Å². The van der Waals surface area contributed by atoms with Crippen LogP contribution in [-0.2, 0) is 11.3 Å². The van der Waals surface area contributed by atoms with Crippen molar-refractivity contribution in [3.05, 3.63) is 29.6 Å². The van der Waals surface area contributed by atoms with E-state index in [4.69, 9.17) is 0 Å². The second-order valence-corrected chi connectivity index (χ2v) is 5.27. The fraction of sp³-hybridized carbons (Fsp3) is 0.571. The van der Waals surface area contributed by atoms with Crippen molar-refractivity contribution in [3.8, 4) is 0 Å². The average molecular weight is 248 g/mol. The fourth-order valence-electron chi connectivity index (χ4n) is 2.67. The lowest BCUT2D eigenvalue weighted by Crippen LogP contribution is -2.33. The molecule has 4 heteroatoms. The number of nitrogens with zero attached hydrogens (tertiary/aromatic N) is 2. The van der Waals surface area contributed by atoms with Gasteiger partial charge < -0.3 is 5.11 Å². The summed E-state index contributed by atoms with van der Waals surface area (Å²) < 4.78 is 0. The summed E-state index contributed by atoms with van der Waals surface area (Å²) >= 11 is 0. The summed E-state index contributed by atoms with van der Waals surface area (Å²) in [6, 6.07) is 2.11. The first-order chi connectivity index (χ1) is 8.55. The molecular formula is C14H20N2O2. The third-order valence-corrected chi connectivity index (χ3v) is 3.90. The molecule has 0 amide bonds. The SMILES string of the molecule is CCC1(C(=O)O)CCN(Cc2cncc(C)c2)C1. The van der Waals surface area contributed by atoms with Crippen molar-refractivity contribution in [2.45, 2.75) is 33.2 Å². The normalized spacial score (nSPS) is 24.3. The Morgan fingerprint density at radius 3 is 2.89 bits per heavy atom. The van der Waals surface area contributed by atoms with Crippen LogP contribution >= 0.6 is 0 Å². The first-order valence-corrected chi connectivity index (χ1v) is 6.42. The summed E-state index contributed by atoms with van der Waals surface area (Å²) in [4.78, 5) is 17.8. The molecule has 0 radical (unpaired) electrons. The van der Waals surface area contributed by atoms with Gasteiger partial charge in [0, 0.05) is 25.5 Å². The van der Waals surface area contributed by atoms with Crippen molar-refractivity contribution in [1.29, 1.82) is 0 Å². The van der Waals surface area contributed by atoms with Crippen LogP contribution in [0.5, 0.6) is 0 Å². The molecule has 1 aromatic heterocycles. The van der Waals surface area contributed by atoms with Gasteiger partial charge in [-0.1, -0.05) is 13.0 Å². The Bertz CT molecular complexity index is 447. The number of hydrogen-bond donors (Lipinski definition) is 1. The van der Waals surface area contributed by atoms with Crippen LogP contribution in [0.4, 0.5) is 0 Å². The molecule has 0 saturated carbocycles. The van der Waals surface area contributed by atoms with Gasteiger partial charge in [0.05, 0.1) is 5.41 Å². The number of hydrogen-bond acceptors (Lipinski definition) is 3. The van der Waals surface area contributed by atoms with Crippen LogP contribution in [0.25, 0.3) is 0 Å². The lowest BCUT2D eigenvalue weighted by Gasteiger charge is -2.23. The number of carboxylic acid groups (broad SMARTS) is 1. The van der Waals surface area contributed by atoms with E-state index in [1.807, 2.05) is 26.2 Å². The van der Waals surface area contributed by atoms with E-state index >= 15 is 0 Å². The molecule has 18 heavy (non-hydrogen) atoms. The maximum Gasteiger partial charge on any atom is 0.310 e. The highest BCUT2D eigenvalue weighted by Gasteiger charge is 2.42. The second-order valence-electron chi connectivity index (χ2n) is 5.27. The summed E-state index contributed by atoms with van der Waals surface area (Å²) in [5, 5.41) is 9.35. The predicted molar refractivity (Wildman–Crippen MR) is 69.2 cm³/mol. The van der Waals surface area contributed by atoms with E-state index in [9.17, 15) is 9.90 Å². The molecule has 1 aromatic rings. The number of aliphatic carboxylic acids is 1. The monoisotopic (exact) mass is 248 g/mol. The second kappa shape index (κ2) is 5.06. The maximum absolute atomic E-state index is 11.4. The maximum atomic E-state index is 11.4. The number of carboxylic acids is 1. The van der Waals surface area contributed by atoms with E-state index in [-0.39, 0.29) is 0 Å². The third kappa shape index (κ3) is 2.53. The molecule has 1 atom stereocenters. The van der Waals surface area contributed by atoms with Gasteiger partial charge in [0.15, 0.2) is 0 Å².